The van der Waals surface area contributed by atoms with Crippen molar-refractivity contribution in [3.63, 3.8) is 0 Å². The first-order chi connectivity index (χ1) is 22.8. The van der Waals surface area contributed by atoms with Crippen LogP contribution in [-0.4, -0.2) is 7.11 Å². The van der Waals surface area contributed by atoms with E-state index < -0.39 is 11.7 Å². The summed E-state index contributed by atoms with van der Waals surface area (Å²) in [5, 5.41) is 0. The second-order valence-corrected chi connectivity index (χ2v) is 12.4. The number of benzene rings is 6. The number of rotatable bonds is 7. The zero-order chi connectivity index (χ0) is 32.4. The molecule has 0 aliphatic rings. The van der Waals surface area contributed by atoms with E-state index in [0.717, 1.165) is 51.3 Å². The first-order valence-corrected chi connectivity index (χ1v) is 16.0. The van der Waals surface area contributed by atoms with E-state index in [-0.39, 0.29) is 0 Å². The fourth-order valence-electron chi connectivity index (χ4n) is 5.65. The fourth-order valence-corrected chi connectivity index (χ4v) is 6.66. The van der Waals surface area contributed by atoms with Crippen molar-refractivity contribution in [3.05, 3.63) is 163 Å². The van der Waals surface area contributed by atoms with Crippen LogP contribution in [0.5, 0.6) is 5.75 Å². The van der Waals surface area contributed by atoms with Crippen LogP contribution in [0, 0.1) is 0 Å². The lowest BCUT2D eigenvalue weighted by molar-refractivity contribution is -0.137. The molecular formula is C42H29F3OS. The van der Waals surface area contributed by atoms with Crippen molar-refractivity contribution in [1.29, 1.82) is 0 Å². The van der Waals surface area contributed by atoms with Crippen LogP contribution in [0.25, 0.3) is 65.4 Å². The van der Waals surface area contributed by atoms with Gasteiger partial charge in [0.05, 0.1) is 12.7 Å². The van der Waals surface area contributed by atoms with Gasteiger partial charge in [-0.05, 0) is 92.0 Å². The highest BCUT2D eigenvalue weighted by atomic mass is 32.1. The van der Waals surface area contributed by atoms with Crippen molar-refractivity contribution >= 4 is 11.3 Å². The zero-order valence-electron chi connectivity index (χ0n) is 25.5. The molecule has 1 nitrogen and oxygen atoms in total. The predicted molar refractivity (Wildman–Crippen MR) is 188 cm³/mol. The number of ether oxygens (including phenoxy) is 1. The number of hydrogen-bond donors (Lipinski definition) is 0. The summed E-state index contributed by atoms with van der Waals surface area (Å²) in [6.07, 6.45) is -4.33. The Bertz CT molecular complexity index is 2090. The molecule has 1 heterocycles. The molecule has 0 spiro atoms. The Morgan fingerprint density at radius 3 is 0.894 bits per heavy atom. The number of alkyl halides is 3. The van der Waals surface area contributed by atoms with Gasteiger partial charge in [-0.3, -0.25) is 0 Å². The van der Waals surface area contributed by atoms with E-state index in [0.29, 0.717) is 0 Å². The van der Waals surface area contributed by atoms with Crippen LogP contribution in [0.3, 0.4) is 0 Å². The van der Waals surface area contributed by atoms with Gasteiger partial charge in [-0.2, -0.15) is 13.2 Å². The summed E-state index contributed by atoms with van der Waals surface area (Å²) < 4.78 is 44.0. The second kappa shape index (κ2) is 12.8. The Morgan fingerprint density at radius 2 is 0.617 bits per heavy atom. The van der Waals surface area contributed by atoms with Gasteiger partial charge in [0, 0.05) is 9.75 Å². The lowest BCUT2D eigenvalue weighted by atomic mass is 9.99. The molecule has 0 N–H and O–H groups in total. The Balaban J connectivity index is 1.01. The number of methoxy groups -OCH3 is 1. The van der Waals surface area contributed by atoms with E-state index in [4.69, 9.17) is 4.74 Å². The minimum absolute atomic E-state index is 0.641. The van der Waals surface area contributed by atoms with Crippen LogP contribution in [-0.2, 0) is 6.18 Å². The highest BCUT2D eigenvalue weighted by molar-refractivity contribution is 7.18. The summed E-state index contributed by atoms with van der Waals surface area (Å²) in [7, 11) is 1.68. The Hall–Kier alpha value is -5.39. The van der Waals surface area contributed by atoms with Crippen molar-refractivity contribution in [1.82, 2.24) is 0 Å². The minimum Gasteiger partial charge on any atom is -0.497 e. The molecule has 1 aromatic heterocycles. The van der Waals surface area contributed by atoms with E-state index >= 15 is 0 Å². The van der Waals surface area contributed by atoms with Crippen LogP contribution < -0.4 is 4.74 Å². The normalized spacial score (nSPS) is 11.4. The van der Waals surface area contributed by atoms with E-state index in [1.165, 1.54) is 44.1 Å². The molecule has 7 rings (SSSR count). The third kappa shape index (κ3) is 6.62. The van der Waals surface area contributed by atoms with Gasteiger partial charge < -0.3 is 4.74 Å². The Kier molecular flexibility index (Phi) is 8.23. The largest absolute Gasteiger partial charge is 0.497 e. The van der Waals surface area contributed by atoms with Gasteiger partial charge in [-0.1, -0.05) is 121 Å². The van der Waals surface area contributed by atoms with Crippen molar-refractivity contribution in [2.75, 3.05) is 7.11 Å². The molecule has 0 amide bonds. The van der Waals surface area contributed by atoms with Gasteiger partial charge in [0.15, 0.2) is 0 Å². The molecule has 0 aliphatic heterocycles. The molecule has 0 saturated carbocycles. The maximum Gasteiger partial charge on any atom is 0.416 e. The first kappa shape index (κ1) is 30.3. The molecule has 0 saturated heterocycles. The number of thiophene rings is 1. The number of hydrogen-bond acceptors (Lipinski definition) is 2. The van der Waals surface area contributed by atoms with Gasteiger partial charge in [-0.25, -0.2) is 0 Å². The maximum atomic E-state index is 12.9. The van der Waals surface area contributed by atoms with Crippen LogP contribution in [0.15, 0.2) is 158 Å². The van der Waals surface area contributed by atoms with Crippen molar-refractivity contribution < 1.29 is 17.9 Å². The lowest BCUT2D eigenvalue weighted by Gasteiger charge is -2.09. The van der Waals surface area contributed by atoms with Gasteiger partial charge in [0.2, 0.25) is 0 Å². The van der Waals surface area contributed by atoms with Gasteiger partial charge >= 0.3 is 6.18 Å². The number of halogens is 3. The topological polar surface area (TPSA) is 9.23 Å². The first-order valence-electron chi connectivity index (χ1n) is 15.2. The molecule has 0 radical (unpaired) electrons. The zero-order valence-corrected chi connectivity index (χ0v) is 26.3. The standard InChI is InChI=1S/C42H29F3OS/c1-46-39-24-20-35(21-25-39)31-8-4-29(5-9-31)33-12-16-37(17-13-33)41-27-26-40(47-41)36-14-10-32(11-15-36)28-2-6-30(7-3-28)34-18-22-38(23-19-34)42(43,44)45/h2-27H,1H3. The third-order valence-electron chi connectivity index (χ3n) is 8.35. The fraction of sp³-hybridized carbons (Fsp3) is 0.0476. The summed E-state index contributed by atoms with van der Waals surface area (Å²) >= 11 is 1.77. The molecule has 0 fully saturated rings. The van der Waals surface area contributed by atoms with Crippen LogP contribution in [0.4, 0.5) is 13.2 Å². The van der Waals surface area contributed by atoms with E-state index in [9.17, 15) is 13.2 Å². The average Bonchev–Trinajstić information content (AvgIpc) is 3.62. The highest BCUT2D eigenvalue weighted by Gasteiger charge is 2.30. The monoisotopic (exact) mass is 638 g/mol. The van der Waals surface area contributed by atoms with Gasteiger partial charge in [-0.15, -0.1) is 11.3 Å². The van der Waals surface area contributed by atoms with Crippen LogP contribution in [0.2, 0.25) is 0 Å². The molecular weight excluding hydrogens is 610 g/mol. The molecule has 230 valence electrons. The molecule has 5 heteroatoms. The quantitative estimate of drug-likeness (QED) is 0.169. The molecule has 47 heavy (non-hydrogen) atoms. The molecule has 6 aromatic carbocycles. The summed E-state index contributed by atoms with van der Waals surface area (Å²) in [5.41, 5.74) is 10.1. The molecule has 0 aliphatic carbocycles. The van der Waals surface area contributed by atoms with Crippen LogP contribution in [0.1, 0.15) is 5.56 Å². The Morgan fingerprint density at radius 1 is 0.362 bits per heavy atom. The summed E-state index contributed by atoms with van der Waals surface area (Å²) in [6.45, 7) is 0. The summed E-state index contributed by atoms with van der Waals surface area (Å²) in [5.74, 6) is 0.851. The molecule has 0 atom stereocenters. The van der Waals surface area contributed by atoms with Crippen molar-refractivity contribution in [2.45, 2.75) is 6.18 Å². The SMILES string of the molecule is COc1ccc(-c2ccc(-c3ccc(-c4ccc(-c5ccc(-c6ccc(-c7ccc(C(F)(F)F)cc7)cc6)cc5)s4)cc3)cc2)cc1. The van der Waals surface area contributed by atoms with Gasteiger partial charge in [0.1, 0.15) is 5.75 Å². The van der Waals surface area contributed by atoms with E-state index in [1.54, 1.807) is 18.4 Å². The molecule has 0 unspecified atom stereocenters. The average molecular weight is 639 g/mol. The highest BCUT2D eigenvalue weighted by Crippen LogP contribution is 2.37. The van der Waals surface area contributed by atoms with E-state index in [1.807, 2.05) is 36.4 Å². The Labute approximate surface area is 276 Å². The maximum absolute atomic E-state index is 12.9. The van der Waals surface area contributed by atoms with Crippen molar-refractivity contribution in [3.8, 4) is 71.1 Å². The minimum atomic E-state index is -4.33. The third-order valence-corrected chi connectivity index (χ3v) is 9.53. The van der Waals surface area contributed by atoms with E-state index in [2.05, 4.69) is 97.1 Å². The van der Waals surface area contributed by atoms with Gasteiger partial charge in [0.25, 0.3) is 0 Å². The lowest BCUT2D eigenvalue weighted by Crippen LogP contribution is -2.03. The smallest absolute Gasteiger partial charge is 0.416 e. The second-order valence-electron chi connectivity index (χ2n) is 11.3. The molecule has 0 bridgehead atoms. The summed E-state index contributed by atoms with van der Waals surface area (Å²) in [6, 6.07) is 51.4. The van der Waals surface area contributed by atoms with Crippen molar-refractivity contribution in [2.24, 2.45) is 0 Å². The summed E-state index contributed by atoms with van der Waals surface area (Å²) in [4.78, 5) is 2.41. The predicted octanol–water partition coefficient (Wildman–Crippen LogP) is 12.8. The molecule has 7 aromatic rings. The van der Waals surface area contributed by atoms with Crippen LogP contribution >= 0.6 is 11.3 Å².